The number of nitrogen functional groups attached to an aromatic ring is 1. The lowest BCUT2D eigenvalue weighted by Gasteiger charge is -2.45. The highest BCUT2D eigenvalue weighted by Gasteiger charge is 2.58. The van der Waals surface area contributed by atoms with Crippen LogP contribution in [0.4, 0.5) is 33.9 Å². The van der Waals surface area contributed by atoms with Gasteiger partial charge in [0, 0.05) is 32.6 Å². The average Bonchev–Trinajstić information content (AvgIpc) is 3.22. The number of carbonyl (C=O) groups is 2. The van der Waals surface area contributed by atoms with Gasteiger partial charge < -0.3 is 20.1 Å². The number of amides is 2. The Morgan fingerprint density at radius 2 is 1.94 bits per heavy atom. The van der Waals surface area contributed by atoms with Gasteiger partial charge in [0.05, 0.1) is 29.0 Å². The van der Waals surface area contributed by atoms with Crippen LogP contribution in [-0.2, 0) is 20.6 Å². The molecule has 5 rings (SSSR count). The zero-order valence-electron chi connectivity index (χ0n) is 18.8. The van der Waals surface area contributed by atoms with E-state index < -0.39 is 53.8 Å². The topological polar surface area (TPSA) is 112 Å². The first-order valence-electron chi connectivity index (χ1n) is 11.3. The van der Waals surface area contributed by atoms with Gasteiger partial charge in [-0.1, -0.05) is 11.6 Å². The monoisotopic (exact) mass is 531 g/mol. The third kappa shape index (κ3) is 3.67. The molecule has 9 nitrogen and oxygen atoms in total. The van der Waals surface area contributed by atoms with Crippen molar-refractivity contribution in [2.45, 2.75) is 43.0 Å². The zero-order valence-corrected chi connectivity index (χ0v) is 19.6. The lowest BCUT2D eigenvalue weighted by atomic mass is 9.83. The second-order valence-corrected chi connectivity index (χ2v) is 9.53. The molecule has 3 N–H and O–H groups in total. The van der Waals surface area contributed by atoms with Gasteiger partial charge in [0.15, 0.2) is 17.0 Å². The Bertz CT molecular complexity index is 1230. The van der Waals surface area contributed by atoms with Gasteiger partial charge in [-0.05, 0) is 25.0 Å². The van der Waals surface area contributed by atoms with E-state index in [1.807, 2.05) is 0 Å². The van der Waals surface area contributed by atoms with Crippen LogP contribution in [0.15, 0.2) is 18.3 Å². The highest BCUT2D eigenvalue weighted by molar-refractivity contribution is 6.31. The largest absolute Gasteiger partial charge is 0.436 e. The average molecular weight is 532 g/mol. The summed E-state index contributed by atoms with van der Waals surface area (Å²) in [5.41, 5.74) is 2.09. The van der Waals surface area contributed by atoms with E-state index >= 15 is 4.39 Å². The smallest absolute Gasteiger partial charge is 0.413 e. The predicted molar refractivity (Wildman–Crippen MR) is 119 cm³/mol. The quantitative estimate of drug-likeness (QED) is 0.566. The molecule has 0 radical (unpaired) electrons. The number of rotatable bonds is 2. The van der Waals surface area contributed by atoms with Crippen LogP contribution >= 0.6 is 11.6 Å². The van der Waals surface area contributed by atoms with Gasteiger partial charge in [-0.2, -0.15) is 18.3 Å². The number of carbonyl (C=O) groups excluding carboxylic acids is 2. The van der Waals surface area contributed by atoms with Crippen molar-refractivity contribution in [2.75, 3.05) is 37.4 Å². The summed E-state index contributed by atoms with van der Waals surface area (Å²) in [4.78, 5) is 27.0. The number of aromatic nitrogens is 2. The molecule has 2 saturated heterocycles. The van der Waals surface area contributed by atoms with Gasteiger partial charge in [-0.25, -0.2) is 13.9 Å². The molecule has 36 heavy (non-hydrogen) atoms. The number of hydrogen-bond donors (Lipinski definition) is 2. The minimum absolute atomic E-state index is 0.00833. The summed E-state index contributed by atoms with van der Waals surface area (Å²) in [7, 11) is 0. The molecule has 194 valence electrons. The number of alkyl halides is 3. The summed E-state index contributed by atoms with van der Waals surface area (Å²) in [6.07, 6.45) is -4.77. The lowest BCUT2D eigenvalue weighted by Crippen LogP contribution is -2.54. The maximum absolute atomic E-state index is 15.1. The summed E-state index contributed by atoms with van der Waals surface area (Å²) in [6.45, 7) is -0.328. The standard InChI is InChI=1S/C22H22ClF4N5O4/c23-13-2-3-14-15(16(13)24)20(36-19(34)30-14)4-1-7-31(11-20)18(33)12-10-29-32(17(12)28)21(22(25,26)27)5-8-35-9-6-21/h2-3,10H,1,4-9,11,28H2,(H,30,34)/t20-/m0/s1. The molecule has 0 unspecified atom stereocenters. The molecular weight excluding hydrogens is 510 g/mol. The minimum atomic E-state index is -4.68. The Kier molecular flexibility index (Phi) is 5.82. The van der Waals surface area contributed by atoms with E-state index in [0.29, 0.717) is 11.1 Å². The molecule has 4 heterocycles. The molecule has 14 heteroatoms. The number of fused-ring (bicyclic) bond motifs is 2. The van der Waals surface area contributed by atoms with Crippen LogP contribution in [0.25, 0.3) is 0 Å². The number of ether oxygens (including phenoxy) is 2. The molecule has 2 aromatic rings. The summed E-state index contributed by atoms with van der Waals surface area (Å²) in [5.74, 6) is -1.93. The first-order valence-corrected chi connectivity index (χ1v) is 11.6. The van der Waals surface area contributed by atoms with Gasteiger partial charge in [-0.3, -0.25) is 10.1 Å². The van der Waals surface area contributed by atoms with Gasteiger partial charge in [0.1, 0.15) is 11.4 Å². The van der Waals surface area contributed by atoms with Crippen molar-refractivity contribution in [3.63, 3.8) is 0 Å². The maximum Gasteiger partial charge on any atom is 0.413 e. The van der Waals surface area contributed by atoms with E-state index in [1.54, 1.807) is 0 Å². The van der Waals surface area contributed by atoms with Gasteiger partial charge in [-0.15, -0.1) is 0 Å². The van der Waals surface area contributed by atoms with E-state index in [4.69, 9.17) is 26.8 Å². The fourth-order valence-corrected chi connectivity index (χ4v) is 5.46. The van der Waals surface area contributed by atoms with Crippen LogP contribution in [0.1, 0.15) is 41.6 Å². The van der Waals surface area contributed by atoms with E-state index in [2.05, 4.69) is 10.4 Å². The Labute approximate surface area is 207 Å². The van der Waals surface area contributed by atoms with Crippen LogP contribution in [0.5, 0.6) is 0 Å². The van der Waals surface area contributed by atoms with Crippen molar-refractivity contribution in [1.29, 1.82) is 0 Å². The highest BCUT2D eigenvalue weighted by atomic mass is 35.5. The normalized spacial score (nSPS) is 23.7. The second kappa shape index (κ2) is 8.51. The number of anilines is 2. The van der Waals surface area contributed by atoms with Crippen molar-refractivity contribution in [3.8, 4) is 0 Å². The summed E-state index contributed by atoms with van der Waals surface area (Å²) >= 11 is 5.97. The Morgan fingerprint density at radius 3 is 2.64 bits per heavy atom. The predicted octanol–water partition coefficient (Wildman–Crippen LogP) is 4.02. The Morgan fingerprint density at radius 1 is 1.22 bits per heavy atom. The molecule has 0 saturated carbocycles. The molecule has 1 atom stereocenters. The van der Waals surface area contributed by atoms with Crippen molar-refractivity contribution in [3.05, 3.63) is 40.3 Å². The van der Waals surface area contributed by atoms with E-state index in [1.165, 1.54) is 17.0 Å². The molecule has 0 bridgehead atoms. The third-order valence-electron chi connectivity index (χ3n) is 7.11. The highest BCUT2D eigenvalue weighted by Crippen LogP contribution is 2.47. The first kappa shape index (κ1) is 24.6. The molecule has 1 spiro atoms. The molecule has 0 aliphatic carbocycles. The number of nitrogens with two attached hydrogens (primary N) is 1. The number of piperidine rings is 1. The first-order chi connectivity index (χ1) is 17.0. The fourth-order valence-electron chi connectivity index (χ4n) is 5.31. The van der Waals surface area contributed by atoms with Crippen LogP contribution in [-0.4, -0.2) is 59.2 Å². The van der Waals surface area contributed by atoms with Crippen LogP contribution < -0.4 is 11.1 Å². The van der Waals surface area contributed by atoms with Crippen LogP contribution in [0.2, 0.25) is 5.02 Å². The third-order valence-corrected chi connectivity index (χ3v) is 7.40. The van der Waals surface area contributed by atoms with Crippen molar-refractivity contribution in [2.24, 2.45) is 0 Å². The van der Waals surface area contributed by atoms with E-state index in [0.717, 1.165) is 6.20 Å². The molecule has 1 aromatic carbocycles. The number of likely N-dealkylation sites (tertiary alicyclic amines) is 1. The minimum Gasteiger partial charge on any atom is -0.436 e. The summed E-state index contributed by atoms with van der Waals surface area (Å²) in [6, 6.07) is 2.73. The number of halogens is 5. The van der Waals surface area contributed by atoms with E-state index in [9.17, 15) is 22.8 Å². The van der Waals surface area contributed by atoms with Crippen molar-refractivity contribution >= 4 is 35.1 Å². The van der Waals surface area contributed by atoms with Crippen molar-refractivity contribution in [1.82, 2.24) is 14.7 Å². The van der Waals surface area contributed by atoms with Crippen LogP contribution in [0.3, 0.4) is 0 Å². The summed E-state index contributed by atoms with van der Waals surface area (Å²) in [5, 5.41) is 6.11. The number of nitrogens with one attached hydrogen (secondary N) is 1. The molecule has 2 fully saturated rings. The van der Waals surface area contributed by atoms with Crippen molar-refractivity contribution < 1.29 is 36.6 Å². The number of benzene rings is 1. The molecule has 2 amide bonds. The fraction of sp³-hybridized carbons (Fsp3) is 0.500. The summed E-state index contributed by atoms with van der Waals surface area (Å²) < 4.78 is 68.8. The molecule has 3 aliphatic rings. The van der Waals surface area contributed by atoms with Gasteiger partial charge in [0.25, 0.3) is 5.91 Å². The maximum atomic E-state index is 15.1. The molecule has 1 aromatic heterocycles. The van der Waals surface area contributed by atoms with E-state index in [-0.39, 0.29) is 54.6 Å². The van der Waals surface area contributed by atoms with Gasteiger partial charge in [0.2, 0.25) is 0 Å². The number of nitrogens with zero attached hydrogens (tertiary/aromatic N) is 3. The molecular formula is C22H22ClF4N5O4. The number of hydrogen-bond acceptors (Lipinski definition) is 6. The Hall–Kier alpha value is -3.06. The van der Waals surface area contributed by atoms with Gasteiger partial charge >= 0.3 is 12.3 Å². The molecule has 3 aliphatic heterocycles. The zero-order chi connectivity index (χ0) is 25.9. The second-order valence-electron chi connectivity index (χ2n) is 9.12. The SMILES string of the molecule is Nc1c(C(=O)N2CCC[C@@]3(C2)OC(=O)Nc2ccc(Cl)c(F)c23)cnn1C1(C(F)(F)F)CCOCC1. The lowest BCUT2D eigenvalue weighted by molar-refractivity contribution is -0.238. The van der Waals surface area contributed by atoms with Crippen LogP contribution in [0, 0.1) is 5.82 Å². The Balaban J connectivity index is 1.49.